The Morgan fingerprint density at radius 2 is 1.90 bits per heavy atom. The maximum atomic E-state index is 12.8. The number of alkyl halides is 3. The molecule has 2 heterocycles. The standard InChI is InChI=1S/C23H21F3N2O2S/c1-14-20(31-22(27-14)15-6-9-17(10-7-15)23(24,25)26)13-28-12-16(8-11-21(29)30)18-4-2-3-5-19(18)28/h2-7,9-10,16H,8,11-13H2,1H3,(H,29,30). The number of para-hydroxylation sites is 1. The van der Waals surface area contributed by atoms with E-state index < -0.39 is 17.7 Å². The van der Waals surface area contributed by atoms with E-state index in [2.05, 4.69) is 16.0 Å². The van der Waals surface area contributed by atoms with E-state index in [9.17, 15) is 18.0 Å². The second-order valence-corrected chi connectivity index (χ2v) is 8.76. The van der Waals surface area contributed by atoms with Gasteiger partial charge in [-0.25, -0.2) is 4.98 Å². The number of hydrogen-bond acceptors (Lipinski definition) is 4. The van der Waals surface area contributed by atoms with Gasteiger partial charge in [0.2, 0.25) is 0 Å². The first kappa shape index (κ1) is 21.4. The minimum absolute atomic E-state index is 0.129. The van der Waals surface area contributed by atoms with Crippen molar-refractivity contribution >= 4 is 23.0 Å². The number of hydrogen-bond donors (Lipinski definition) is 1. The summed E-state index contributed by atoms with van der Waals surface area (Å²) in [6.07, 6.45) is -3.64. The van der Waals surface area contributed by atoms with Gasteiger partial charge < -0.3 is 10.0 Å². The molecule has 3 aromatic rings. The molecule has 1 atom stereocenters. The van der Waals surface area contributed by atoms with E-state index in [1.807, 2.05) is 25.1 Å². The zero-order valence-corrected chi connectivity index (χ0v) is 17.6. The number of aromatic nitrogens is 1. The lowest BCUT2D eigenvalue weighted by atomic mass is 9.96. The summed E-state index contributed by atoms with van der Waals surface area (Å²) in [4.78, 5) is 18.9. The van der Waals surface area contributed by atoms with Crippen LogP contribution in [0.2, 0.25) is 0 Å². The molecule has 1 aromatic heterocycles. The maximum Gasteiger partial charge on any atom is 0.416 e. The Kier molecular flexibility index (Phi) is 5.75. The molecule has 0 fully saturated rings. The number of carboxylic acids is 1. The van der Waals surface area contributed by atoms with Crippen molar-refractivity contribution in [3.63, 3.8) is 0 Å². The van der Waals surface area contributed by atoms with Gasteiger partial charge in [-0.15, -0.1) is 11.3 Å². The molecular weight excluding hydrogens is 425 g/mol. The van der Waals surface area contributed by atoms with Crippen LogP contribution in [0.4, 0.5) is 18.9 Å². The first-order chi connectivity index (χ1) is 14.7. The fraction of sp³-hybridized carbons (Fsp3) is 0.304. The summed E-state index contributed by atoms with van der Waals surface area (Å²) in [5.74, 6) is -0.634. The van der Waals surface area contributed by atoms with Crippen molar-refractivity contribution in [1.29, 1.82) is 0 Å². The minimum atomic E-state index is -4.36. The van der Waals surface area contributed by atoms with Crippen LogP contribution >= 0.6 is 11.3 Å². The zero-order chi connectivity index (χ0) is 22.2. The number of rotatable bonds is 6. The largest absolute Gasteiger partial charge is 0.481 e. The molecule has 162 valence electrons. The molecule has 1 N–H and O–H groups in total. The van der Waals surface area contributed by atoms with Crippen molar-refractivity contribution in [1.82, 2.24) is 4.98 Å². The normalized spacial score (nSPS) is 15.9. The fourth-order valence-corrected chi connectivity index (χ4v) is 5.03. The third-order valence-electron chi connectivity index (χ3n) is 5.55. The predicted octanol–water partition coefficient (Wildman–Crippen LogP) is 6.11. The zero-order valence-electron chi connectivity index (χ0n) is 16.8. The van der Waals surface area contributed by atoms with Crippen LogP contribution in [-0.2, 0) is 17.5 Å². The van der Waals surface area contributed by atoms with E-state index >= 15 is 0 Å². The molecule has 4 rings (SSSR count). The molecule has 0 amide bonds. The van der Waals surface area contributed by atoms with Crippen molar-refractivity contribution in [3.8, 4) is 10.6 Å². The Bertz CT molecular complexity index is 1090. The molecule has 31 heavy (non-hydrogen) atoms. The van der Waals surface area contributed by atoms with Crippen LogP contribution in [-0.4, -0.2) is 22.6 Å². The van der Waals surface area contributed by atoms with E-state index in [1.165, 1.54) is 23.5 Å². The van der Waals surface area contributed by atoms with E-state index in [0.717, 1.165) is 40.5 Å². The second-order valence-electron chi connectivity index (χ2n) is 7.67. The van der Waals surface area contributed by atoms with Crippen molar-refractivity contribution < 1.29 is 23.1 Å². The lowest BCUT2D eigenvalue weighted by Gasteiger charge is -2.19. The number of nitrogens with zero attached hydrogens (tertiary/aromatic N) is 2. The number of aliphatic carboxylic acids is 1. The SMILES string of the molecule is Cc1nc(-c2ccc(C(F)(F)F)cc2)sc1CN1CC(CCC(=O)O)c2ccccc21. The van der Waals surface area contributed by atoms with E-state index in [4.69, 9.17) is 5.11 Å². The summed E-state index contributed by atoms with van der Waals surface area (Å²) >= 11 is 1.48. The highest BCUT2D eigenvalue weighted by Crippen LogP contribution is 2.40. The van der Waals surface area contributed by atoms with Gasteiger partial charge in [-0.2, -0.15) is 13.2 Å². The third kappa shape index (κ3) is 4.58. The summed E-state index contributed by atoms with van der Waals surface area (Å²) in [7, 11) is 0. The molecule has 4 nitrogen and oxygen atoms in total. The quantitative estimate of drug-likeness (QED) is 0.497. The van der Waals surface area contributed by atoms with E-state index in [-0.39, 0.29) is 12.3 Å². The Morgan fingerprint density at radius 3 is 2.58 bits per heavy atom. The first-order valence-corrected chi connectivity index (χ1v) is 10.7. The number of halogens is 3. The molecular formula is C23H21F3N2O2S. The molecule has 1 unspecified atom stereocenters. The van der Waals surface area contributed by atoms with Gasteiger partial charge in [0.15, 0.2) is 0 Å². The monoisotopic (exact) mass is 446 g/mol. The molecule has 8 heteroatoms. The van der Waals surface area contributed by atoms with Crippen molar-refractivity contribution in [2.45, 2.75) is 38.4 Å². The number of benzene rings is 2. The summed E-state index contributed by atoms with van der Waals surface area (Å²) in [5.41, 5.74) is 3.10. The highest BCUT2D eigenvalue weighted by molar-refractivity contribution is 7.15. The van der Waals surface area contributed by atoms with Crippen LogP contribution in [0.25, 0.3) is 10.6 Å². The average Bonchev–Trinajstić information content (AvgIpc) is 3.27. The summed E-state index contributed by atoms with van der Waals surface area (Å²) in [6.45, 7) is 3.27. The van der Waals surface area contributed by atoms with Crippen molar-refractivity contribution in [2.24, 2.45) is 0 Å². The molecule has 0 spiro atoms. The molecule has 0 saturated carbocycles. The lowest BCUT2D eigenvalue weighted by molar-refractivity contribution is -0.138. The van der Waals surface area contributed by atoms with Crippen LogP contribution < -0.4 is 4.90 Å². The van der Waals surface area contributed by atoms with Gasteiger partial charge in [0, 0.05) is 35.0 Å². The van der Waals surface area contributed by atoms with Gasteiger partial charge >= 0.3 is 12.1 Å². The molecule has 2 aromatic carbocycles. The van der Waals surface area contributed by atoms with E-state index in [1.54, 1.807) is 0 Å². The van der Waals surface area contributed by atoms with Crippen LogP contribution in [0.5, 0.6) is 0 Å². The summed E-state index contributed by atoms with van der Waals surface area (Å²) in [5, 5.41) is 9.74. The Labute approximate surface area is 182 Å². The number of carboxylic acid groups (broad SMARTS) is 1. The number of thiazole rings is 1. The van der Waals surface area contributed by atoms with Crippen molar-refractivity contribution in [3.05, 3.63) is 70.2 Å². The first-order valence-electron chi connectivity index (χ1n) is 9.92. The maximum absolute atomic E-state index is 12.8. The van der Waals surface area contributed by atoms with Gasteiger partial charge in [-0.05, 0) is 37.1 Å². The fourth-order valence-electron chi connectivity index (χ4n) is 3.95. The van der Waals surface area contributed by atoms with Crippen LogP contribution in [0, 0.1) is 6.92 Å². The predicted molar refractivity (Wildman–Crippen MR) is 114 cm³/mol. The number of anilines is 1. The van der Waals surface area contributed by atoms with Crippen molar-refractivity contribution in [2.75, 3.05) is 11.4 Å². The average molecular weight is 446 g/mol. The van der Waals surface area contributed by atoms with Crippen LogP contribution in [0.15, 0.2) is 48.5 Å². The smallest absolute Gasteiger partial charge is 0.416 e. The minimum Gasteiger partial charge on any atom is -0.481 e. The van der Waals surface area contributed by atoms with Gasteiger partial charge in [-0.3, -0.25) is 4.79 Å². The number of carbonyl (C=O) groups is 1. The Balaban J connectivity index is 1.54. The topological polar surface area (TPSA) is 53.4 Å². The molecule has 0 bridgehead atoms. The summed E-state index contributed by atoms with van der Waals surface area (Å²) < 4.78 is 38.5. The lowest BCUT2D eigenvalue weighted by Crippen LogP contribution is -2.21. The third-order valence-corrected chi connectivity index (χ3v) is 6.74. The van der Waals surface area contributed by atoms with Gasteiger partial charge in [0.05, 0.1) is 17.8 Å². The highest BCUT2D eigenvalue weighted by Gasteiger charge is 2.31. The Hall–Kier alpha value is -2.87. The number of aryl methyl sites for hydroxylation is 1. The molecule has 0 saturated heterocycles. The molecule has 0 radical (unpaired) electrons. The van der Waals surface area contributed by atoms with Crippen LogP contribution in [0.1, 0.15) is 40.5 Å². The molecule has 1 aliphatic heterocycles. The van der Waals surface area contributed by atoms with Gasteiger partial charge in [0.25, 0.3) is 0 Å². The Morgan fingerprint density at radius 1 is 1.19 bits per heavy atom. The molecule has 0 aliphatic carbocycles. The van der Waals surface area contributed by atoms with Crippen LogP contribution in [0.3, 0.4) is 0 Å². The highest BCUT2D eigenvalue weighted by atomic mass is 32.1. The molecule has 1 aliphatic rings. The summed E-state index contributed by atoms with van der Waals surface area (Å²) in [6, 6.07) is 13.1. The second kappa shape index (κ2) is 8.34. The number of fused-ring (bicyclic) bond motifs is 1. The van der Waals surface area contributed by atoms with Gasteiger partial charge in [-0.1, -0.05) is 30.3 Å². The van der Waals surface area contributed by atoms with E-state index in [0.29, 0.717) is 23.5 Å². The van der Waals surface area contributed by atoms with Gasteiger partial charge in [0.1, 0.15) is 5.01 Å².